The molecule has 0 aromatic rings. The first kappa shape index (κ1) is 37.7. The smallest absolute Gasteiger partial charge is 0.326 e. The molecular formula is C27H47N3O11. The van der Waals surface area contributed by atoms with Gasteiger partial charge in [0.05, 0.1) is 13.1 Å². The van der Waals surface area contributed by atoms with Crippen molar-refractivity contribution in [3.05, 3.63) is 0 Å². The number of carbonyl (C=O) groups is 6. The number of carbonyl (C=O) groups excluding carboxylic acids is 5. The summed E-state index contributed by atoms with van der Waals surface area (Å²) in [5.74, 6) is -5.21. The summed E-state index contributed by atoms with van der Waals surface area (Å²) < 4.78 is 15.8. The van der Waals surface area contributed by atoms with E-state index in [2.05, 4.69) is 0 Å². The van der Waals surface area contributed by atoms with Crippen LogP contribution in [0.5, 0.6) is 0 Å². The Morgan fingerprint density at radius 2 is 0.878 bits per heavy atom. The van der Waals surface area contributed by atoms with Gasteiger partial charge in [-0.2, -0.15) is 0 Å². The van der Waals surface area contributed by atoms with Gasteiger partial charge < -0.3 is 34.2 Å². The second kappa shape index (κ2) is 16.2. The number of ether oxygens (including phenoxy) is 3. The van der Waals surface area contributed by atoms with Gasteiger partial charge in [-0.25, -0.2) is 0 Å². The Balaban J connectivity index is 5.86. The Morgan fingerprint density at radius 3 is 1.15 bits per heavy atom. The average molecular weight is 590 g/mol. The second-order valence-corrected chi connectivity index (χ2v) is 12.4. The van der Waals surface area contributed by atoms with Gasteiger partial charge in [-0.1, -0.05) is 0 Å². The van der Waals surface area contributed by atoms with Gasteiger partial charge in [-0.05, 0) is 68.7 Å². The van der Waals surface area contributed by atoms with E-state index in [1.807, 2.05) is 0 Å². The van der Waals surface area contributed by atoms with Crippen LogP contribution in [0, 0.1) is 0 Å². The zero-order valence-electron chi connectivity index (χ0n) is 25.8. The van der Waals surface area contributed by atoms with E-state index in [-0.39, 0.29) is 19.6 Å². The van der Waals surface area contributed by atoms with E-state index in [9.17, 15) is 39.0 Å². The fourth-order valence-corrected chi connectivity index (χ4v) is 3.31. The Labute approximate surface area is 241 Å². The normalized spacial score (nSPS) is 12.0. The van der Waals surface area contributed by atoms with E-state index in [0.717, 1.165) is 9.80 Å². The van der Waals surface area contributed by atoms with Gasteiger partial charge in [0.15, 0.2) is 0 Å². The first-order valence-corrected chi connectivity index (χ1v) is 13.3. The molecule has 0 aliphatic rings. The summed E-state index contributed by atoms with van der Waals surface area (Å²) in [5.41, 5.74) is -2.56. The molecule has 0 spiro atoms. The van der Waals surface area contributed by atoms with Crippen LogP contribution in [0.4, 0.5) is 0 Å². The SMILES string of the molecule is CC(C)(C)OC(=O)CN(CC(=O)O)C(=O)CN(CCCO)CC(=O)N(CC(=O)OC(C)(C)C)CC(=O)OC(C)(C)C. The molecule has 0 atom stereocenters. The number of hydrogen-bond acceptors (Lipinski definition) is 11. The van der Waals surface area contributed by atoms with Crippen molar-refractivity contribution in [2.45, 2.75) is 85.5 Å². The van der Waals surface area contributed by atoms with Gasteiger partial charge >= 0.3 is 23.9 Å². The predicted molar refractivity (Wildman–Crippen MR) is 146 cm³/mol. The van der Waals surface area contributed by atoms with Crippen LogP contribution in [0.3, 0.4) is 0 Å². The fraction of sp³-hybridized carbons (Fsp3) is 0.778. The summed E-state index contributed by atoms with van der Waals surface area (Å²) in [5, 5.41) is 18.6. The molecule has 2 amide bonds. The number of rotatable bonds is 15. The Kier molecular flexibility index (Phi) is 15.0. The highest BCUT2D eigenvalue weighted by atomic mass is 16.6. The second-order valence-electron chi connectivity index (χ2n) is 12.4. The largest absolute Gasteiger partial charge is 0.480 e. The minimum absolute atomic E-state index is 0.0358. The van der Waals surface area contributed by atoms with Crippen molar-refractivity contribution >= 4 is 35.7 Å². The quantitative estimate of drug-likeness (QED) is 0.199. The summed E-state index contributed by atoms with van der Waals surface area (Å²) in [4.78, 5) is 78.0. The number of aliphatic hydroxyl groups is 1. The number of carboxylic acid groups (broad SMARTS) is 1. The summed E-state index contributed by atoms with van der Waals surface area (Å²) in [6.45, 7) is 11.0. The van der Waals surface area contributed by atoms with E-state index in [0.29, 0.717) is 0 Å². The van der Waals surface area contributed by atoms with Crippen molar-refractivity contribution in [1.82, 2.24) is 14.7 Å². The molecule has 14 nitrogen and oxygen atoms in total. The van der Waals surface area contributed by atoms with Gasteiger partial charge in [0.1, 0.15) is 43.0 Å². The molecule has 0 heterocycles. The zero-order chi connectivity index (χ0) is 32.2. The number of carboxylic acids is 1. The lowest BCUT2D eigenvalue weighted by molar-refractivity contribution is -0.164. The lowest BCUT2D eigenvalue weighted by Gasteiger charge is -2.30. The lowest BCUT2D eigenvalue weighted by atomic mass is 10.2. The topological polar surface area (TPSA) is 180 Å². The lowest BCUT2D eigenvalue weighted by Crippen LogP contribution is -2.50. The summed E-state index contributed by atoms with van der Waals surface area (Å²) in [6, 6.07) is 0. The molecule has 236 valence electrons. The Morgan fingerprint density at radius 1 is 0.561 bits per heavy atom. The molecule has 0 aliphatic carbocycles. The maximum Gasteiger partial charge on any atom is 0.326 e. The number of esters is 3. The average Bonchev–Trinajstić information content (AvgIpc) is 2.72. The van der Waals surface area contributed by atoms with Gasteiger partial charge in [0.25, 0.3) is 0 Å². The first-order chi connectivity index (χ1) is 18.5. The summed E-state index contributed by atoms with van der Waals surface area (Å²) in [6.07, 6.45) is 0.156. The van der Waals surface area contributed by atoms with Crippen molar-refractivity contribution < 1.29 is 53.2 Å². The minimum atomic E-state index is -1.36. The highest BCUT2D eigenvalue weighted by Crippen LogP contribution is 2.11. The molecule has 0 aliphatic heterocycles. The molecule has 14 heteroatoms. The zero-order valence-corrected chi connectivity index (χ0v) is 25.8. The molecule has 0 fully saturated rings. The van der Waals surface area contributed by atoms with Crippen molar-refractivity contribution in [3.8, 4) is 0 Å². The molecule has 41 heavy (non-hydrogen) atoms. The van der Waals surface area contributed by atoms with E-state index < -0.39 is 91.8 Å². The molecule has 0 aromatic carbocycles. The fourth-order valence-electron chi connectivity index (χ4n) is 3.31. The van der Waals surface area contributed by atoms with Crippen LogP contribution in [0.2, 0.25) is 0 Å². The number of hydrogen-bond donors (Lipinski definition) is 2. The van der Waals surface area contributed by atoms with E-state index >= 15 is 0 Å². The van der Waals surface area contributed by atoms with Gasteiger partial charge in [0.2, 0.25) is 11.8 Å². The third-order valence-corrected chi connectivity index (χ3v) is 4.60. The number of aliphatic carboxylic acids is 1. The minimum Gasteiger partial charge on any atom is -0.480 e. The monoisotopic (exact) mass is 589 g/mol. The summed E-state index contributed by atoms with van der Waals surface area (Å²) in [7, 11) is 0. The maximum atomic E-state index is 13.3. The number of nitrogens with zero attached hydrogens (tertiary/aromatic N) is 3. The third-order valence-electron chi connectivity index (χ3n) is 4.60. The van der Waals surface area contributed by atoms with Crippen LogP contribution in [-0.2, 0) is 43.0 Å². The van der Waals surface area contributed by atoms with Crippen LogP contribution in [0.1, 0.15) is 68.7 Å². The standard InChI is InChI=1S/C27H47N3O11/c1-25(2,3)39-22(36)16-29(15-21(34)35)19(32)13-28(11-10-12-31)14-20(33)30(17-23(37)40-26(4,5)6)18-24(38)41-27(7,8)9/h31H,10-18H2,1-9H3,(H,34,35). The molecule has 2 N–H and O–H groups in total. The highest BCUT2D eigenvalue weighted by molar-refractivity contribution is 5.89. The molecule has 0 aromatic heterocycles. The van der Waals surface area contributed by atoms with E-state index in [1.165, 1.54) is 4.90 Å². The summed E-state index contributed by atoms with van der Waals surface area (Å²) >= 11 is 0. The molecule has 0 saturated heterocycles. The Hall–Kier alpha value is -3.26. The molecule has 0 unspecified atom stereocenters. The van der Waals surface area contributed by atoms with Gasteiger partial charge in [0, 0.05) is 13.2 Å². The van der Waals surface area contributed by atoms with E-state index in [1.54, 1.807) is 62.3 Å². The molecular weight excluding hydrogens is 542 g/mol. The van der Waals surface area contributed by atoms with Crippen molar-refractivity contribution in [1.29, 1.82) is 0 Å². The molecule has 0 saturated carbocycles. The van der Waals surface area contributed by atoms with Crippen molar-refractivity contribution in [2.75, 3.05) is 52.4 Å². The van der Waals surface area contributed by atoms with Crippen LogP contribution < -0.4 is 0 Å². The van der Waals surface area contributed by atoms with E-state index in [4.69, 9.17) is 14.2 Å². The number of aliphatic hydroxyl groups excluding tert-OH is 1. The van der Waals surface area contributed by atoms with Gasteiger partial charge in [-0.3, -0.25) is 33.7 Å². The van der Waals surface area contributed by atoms with Crippen molar-refractivity contribution in [2.24, 2.45) is 0 Å². The van der Waals surface area contributed by atoms with Crippen LogP contribution >= 0.6 is 0 Å². The Bertz CT molecular complexity index is 900. The molecule has 0 radical (unpaired) electrons. The molecule has 0 rings (SSSR count). The maximum absolute atomic E-state index is 13.3. The van der Waals surface area contributed by atoms with Crippen LogP contribution in [0.15, 0.2) is 0 Å². The van der Waals surface area contributed by atoms with Crippen LogP contribution in [-0.4, -0.2) is 130 Å². The van der Waals surface area contributed by atoms with Gasteiger partial charge in [-0.15, -0.1) is 0 Å². The van der Waals surface area contributed by atoms with Crippen LogP contribution in [0.25, 0.3) is 0 Å². The first-order valence-electron chi connectivity index (χ1n) is 13.3. The van der Waals surface area contributed by atoms with Crippen molar-refractivity contribution in [3.63, 3.8) is 0 Å². The highest BCUT2D eigenvalue weighted by Gasteiger charge is 2.30. The number of amides is 2. The molecule has 0 bridgehead atoms. The predicted octanol–water partition coefficient (Wildman–Crippen LogP) is 0.438. The third kappa shape index (κ3) is 19.5.